The number of nitrogens with two attached hydrogens (primary N) is 2. The molecule has 1 aromatic carbocycles. The molecular weight excluding hydrogens is 229 g/mol. The van der Waals surface area contributed by atoms with Crippen LogP contribution in [0.25, 0.3) is 0 Å². The number of rotatable bonds is 2. The van der Waals surface area contributed by atoms with Gasteiger partial charge in [-0.05, 0) is 23.8 Å². The SMILES string of the molecule is NC[C@@H](N)c1cc(Cl)cc(C(F)(F)F)c1. The van der Waals surface area contributed by atoms with Gasteiger partial charge in [-0.2, -0.15) is 13.2 Å². The molecule has 0 bridgehead atoms. The predicted molar refractivity (Wildman–Crippen MR) is 52.4 cm³/mol. The lowest BCUT2D eigenvalue weighted by atomic mass is 10.0. The van der Waals surface area contributed by atoms with E-state index in [1.165, 1.54) is 6.07 Å². The second kappa shape index (κ2) is 4.38. The lowest BCUT2D eigenvalue weighted by molar-refractivity contribution is -0.137. The summed E-state index contributed by atoms with van der Waals surface area (Å²) in [7, 11) is 0. The Kier molecular flexibility index (Phi) is 3.59. The van der Waals surface area contributed by atoms with Gasteiger partial charge in [0.2, 0.25) is 0 Å². The van der Waals surface area contributed by atoms with Gasteiger partial charge in [0, 0.05) is 17.6 Å². The van der Waals surface area contributed by atoms with E-state index in [4.69, 9.17) is 23.1 Å². The molecular formula is C9H10ClF3N2. The van der Waals surface area contributed by atoms with E-state index in [1.54, 1.807) is 0 Å². The first-order valence-corrected chi connectivity index (χ1v) is 4.55. The molecule has 15 heavy (non-hydrogen) atoms. The number of hydrogen-bond donors (Lipinski definition) is 2. The molecule has 0 saturated heterocycles. The van der Waals surface area contributed by atoms with Gasteiger partial charge in [0.15, 0.2) is 0 Å². The van der Waals surface area contributed by atoms with E-state index < -0.39 is 17.8 Å². The van der Waals surface area contributed by atoms with Crippen molar-refractivity contribution in [2.45, 2.75) is 12.2 Å². The van der Waals surface area contributed by atoms with Crippen LogP contribution in [0.15, 0.2) is 18.2 Å². The van der Waals surface area contributed by atoms with Crippen molar-refractivity contribution in [1.82, 2.24) is 0 Å². The van der Waals surface area contributed by atoms with Crippen LogP contribution in [0.4, 0.5) is 13.2 Å². The van der Waals surface area contributed by atoms with Gasteiger partial charge < -0.3 is 11.5 Å². The average molecular weight is 239 g/mol. The van der Waals surface area contributed by atoms with Crippen molar-refractivity contribution in [2.75, 3.05) is 6.54 Å². The largest absolute Gasteiger partial charge is 0.416 e. The van der Waals surface area contributed by atoms with Crippen LogP contribution in [-0.2, 0) is 6.18 Å². The molecule has 0 aromatic heterocycles. The highest BCUT2D eigenvalue weighted by molar-refractivity contribution is 6.30. The van der Waals surface area contributed by atoms with Crippen LogP contribution >= 0.6 is 11.6 Å². The van der Waals surface area contributed by atoms with E-state index in [-0.39, 0.29) is 17.1 Å². The molecule has 4 N–H and O–H groups in total. The lowest BCUT2D eigenvalue weighted by Crippen LogP contribution is -2.21. The molecule has 0 fully saturated rings. The predicted octanol–water partition coefficient (Wildman–Crippen LogP) is 2.32. The molecule has 0 spiro atoms. The molecule has 0 unspecified atom stereocenters. The highest BCUT2D eigenvalue weighted by Gasteiger charge is 2.31. The maximum atomic E-state index is 12.4. The average Bonchev–Trinajstić information content (AvgIpc) is 2.14. The summed E-state index contributed by atoms with van der Waals surface area (Å²) in [6.45, 7) is 0.0671. The maximum Gasteiger partial charge on any atom is 0.416 e. The van der Waals surface area contributed by atoms with Crippen molar-refractivity contribution in [3.8, 4) is 0 Å². The van der Waals surface area contributed by atoms with Crippen molar-refractivity contribution in [2.24, 2.45) is 11.5 Å². The minimum absolute atomic E-state index is 0.00345. The molecule has 0 heterocycles. The zero-order valence-corrected chi connectivity index (χ0v) is 8.44. The number of benzene rings is 1. The third kappa shape index (κ3) is 3.09. The van der Waals surface area contributed by atoms with Crippen molar-refractivity contribution < 1.29 is 13.2 Å². The quantitative estimate of drug-likeness (QED) is 0.831. The van der Waals surface area contributed by atoms with E-state index in [1.807, 2.05) is 0 Å². The number of hydrogen-bond acceptors (Lipinski definition) is 2. The number of halogens is 4. The molecule has 0 amide bonds. The second-order valence-corrected chi connectivity index (χ2v) is 3.55. The third-order valence-electron chi connectivity index (χ3n) is 1.93. The first kappa shape index (κ1) is 12.3. The topological polar surface area (TPSA) is 52.0 Å². The van der Waals surface area contributed by atoms with E-state index >= 15 is 0 Å². The monoisotopic (exact) mass is 238 g/mol. The van der Waals surface area contributed by atoms with Crippen LogP contribution in [-0.4, -0.2) is 6.54 Å². The molecule has 0 saturated carbocycles. The van der Waals surface area contributed by atoms with E-state index in [9.17, 15) is 13.2 Å². The Bertz CT molecular complexity index is 352. The van der Waals surface area contributed by atoms with Gasteiger partial charge in [0.1, 0.15) is 0 Å². The van der Waals surface area contributed by atoms with Gasteiger partial charge in [-0.15, -0.1) is 0 Å². The molecule has 1 aromatic rings. The smallest absolute Gasteiger partial charge is 0.329 e. The minimum Gasteiger partial charge on any atom is -0.329 e. The molecule has 0 radical (unpaired) electrons. The summed E-state index contributed by atoms with van der Waals surface area (Å²) in [6.07, 6.45) is -4.42. The highest BCUT2D eigenvalue weighted by atomic mass is 35.5. The first-order valence-electron chi connectivity index (χ1n) is 4.18. The summed E-state index contributed by atoms with van der Waals surface area (Å²) >= 11 is 5.56. The highest BCUT2D eigenvalue weighted by Crippen LogP contribution is 2.32. The van der Waals surface area contributed by atoms with Crippen LogP contribution in [0.3, 0.4) is 0 Å². The molecule has 0 aliphatic heterocycles. The summed E-state index contributed by atoms with van der Waals surface area (Å²) in [5, 5.41) is 0.00345. The van der Waals surface area contributed by atoms with Crippen LogP contribution in [0.1, 0.15) is 17.2 Å². The lowest BCUT2D eigenvalue weighted by Gasteiger charge is -2.13. The maximum absolute atomic E-state index is 12.4. The Balaban J connectivity index is 3.17. The Hall–Kier alpha value is -0.780. The van der Waals surface area contributed by atoms with Gasteiger partial charge in [-0.3, -0.25) is 0 Å². The van der Waals surface area contributed by atoms with Crippen LogP contribution in [0.2, 0.25) is 5.02 Å². The molecule has 84 valence electrons. The fourth-order valence-corrected chi connectivity index (χ4v) is 1.37. The summed E-state index contributed by atoms with van der Waals surface area (Å²) in [6, 6.07) is 2.57. The Morgan fingerprint density at radius 1 is 1.27 bits per heavy atom. The van der Waals surface area contributed by atoms with E-state index in [2.05, 4.69) is 0 Å². The summed E-state index contributed by atoms with van der Waals surface area (Å²) < 4.78 is 37.2. The summed E-state index contributed by atoms with van der Waals surface area (Å²) in [5.74, 6) is 0. The summed E-state index contributed by atoms with van der Waals surface area (Å²) in [4.78, 5) is 0. The third-order valence-corrected chi connectivity index (χ3v) is 2.15. The number of alkyl halides is 3. The van der Waals surface area contributed by atoms with Crippen molar-refractivity contribution in [3.05, 3.63) is 34.3 Å². The van der Waals surface area contributed by atoms with Crippen LogP contribution in [0, 0.1) is 0 Å². The zero-order chi connectivity index (χ0) is 11.6. The van der Waals surface area contributed by atoms with Gasteiger partial charge in [-0.1, -0.05) is 11.6 Å². The van der Waals surface area contributed by atoms with Crippen molar-refractivity contribution >= 4 is 11.6 Å². The molecule has 0 aliphatic carbocycles. The van der Waals surface area contributed by atoms with Crippen LogP contribution in [0.5, 0.6) is 0 Å². The normalized spacial score (nSPS) is 14.0. The fourth-order valence-electron chi connectivity index (χ4n) is 1.13. The zero-order valence-electron chi connectivity index (χ0n) is 7.68. The van der Waals surface area contributed by atoms with Gasteiger partial charge in [0.25, 0.3) is 0 Å². The van der Waals surface area contributed by atoms with Crippen LogP contribution < -0.4 is 11.5 Å². The minimum atomic E-state index is -4.42. The van der Waals surface area contributed by atoms with Crippen molar-refractivity contribution in [3.63, 3.8) is 0 Å². The molecule has 1 atom stereocenters. The molecule has 1 rings (SSSR count). The van der Waals surface area contributed by atoms with Crippen molar-refractivity contribution in [1.29, 1.82) is 0 Å². The first-order chi connectivity index (χ1) is 6.84. The standard InChI is InChI=1S/C9H10ClF3N2/c10-7-2-5(8(15)4-14)1-6(3-7)9(11,12)13/h1-3,8H,4,14-15H2/t8-/m1/s1. The summed E-state index contributed by atoms with van der Waals surface area (Å²) in [5.41, 5.74) is 10.3. The Morgan fingerprint density at radius 2 is 1.87 bits per heavy atom. The molecule has 2 nitrogen and oxygen atoms in total. The van der Waals surface area contributed by atoms with Gasteiger partial charge in [-0.25, -0.2) is 0 Å². The Morgan fingerprint density at radius 3 is 2.33 bits per heavy atom. The van der Waals surface area contributed by atoms with Gasteiger partial charge in [0.05, 0.1) is 5.56 Å². The van der Waals surface area contributed by atoms with Gasteiger partial charge >= 0.3 is 6.18 Å². The van der Waals surface area contributed by atoms with E-state index in [0.717, 1.165) is 12.1 Å². The molecule has 0 aliphatic rings. The van der Waals surface area contributed by atoms with E-state index in [0.29, 0.717) is 0 Å². The fraction of sp³-hybridized carbons (Fsp3) is 0.333. The Labute approximate surface area is 90.0 Å². The molecule has 6 heteroatoms. The second-order valence-electron chi connectivity index (χ2n) is 3.11.